The van der Waals surface area contributed by atoms with E-state index in [1.807, 2.05) is 17.3 Å². The summed E-state index contributed by atoms with van der Waals surface area (Å²) in [6.07, 6.45) is 4.65. The fraction of sp³-hybridized carbons (Fsp3) is 0.692. The largest absolute Gasteiger partial charge is 0.337 e. The number of nitrogens with two attached hydrogens (primary N) is 1. The van der Waals surface area contributed by atoms with E-state index in [-0.39, 0.29) is 5.91 Å². The molecule has 0 atom stereocenters. The van der Waals surface area contributed by atoms with Gasteiger partial charge in [-0.25, -0.2) is 4.98 Å². The molecule has 4 nitrogen and oxygen atoms in total. The minimum Gasteiger partial charge on any atom is -0.337 e. The van der Waals surface area contributed by atoms with Crippen molar-refractivity contribution in [3.05, 3.63) is 16.1 Å². The van der Waals surface area contributed by atoms with Crippen LogP contribution in [0.4, 0.5) is 0 Å². The monoisotopic (exact) mass is 267 g/mol. The van der Waals surface area contributed by atoms with Crippen molar-refractivity contribution in [2.75, 3.05) is 7.05 Å². The Labute approximate surface area is 112 Å². The predicted molar refractivity (Wildman–Crippen MR) is 73.5 cm³/mol. The molecule has 2 rings (SSSR count). The van der Waals surface area contributed by atoms with Crippen LogP contribution in [0, 0.1) is 5.92 Å². The first-order chi connectivity index (χ1) is 8.61. The molecule has 0 radical (unpaired) electrons. The average Bonchev–Trinajstić information content (AvgIpc) is 2.86. The van der Waals surface area contributed by atoms with Crippen LogP contribution in [0.25, 0.3) is 0 Å². The first-order valence-corrected chi connectivity index (χ1v) is 7.41. The van der Waals surface area contributed by atoms with Gasteiger partial charge >= 0.3 is 0 Å². The second-order valence-corrected chi connectivity index (χ2v) is 6.10. The van der Waals surface area contributed by atoms with E-state index in [2.05, 4.69) is 11.9 Å². The van der Waals surface area contributed by atoms with Gasteiger partial charge in [0.15, 0.2) is 0 Å². The summed E-state index contributed by atoms with van der Waals surface area (Å²) in [5.41, 5.74) is 6.06. The molecule has 0 saturated heterocycles. The SMILES string of the molecule is CC1CCC(N(C)C(=O)c2csc(CN)n2)CC1. The van der Waals surface area contributed by atoms with Gasteiger partial charge in [-0.2, -0.15) is 0 Å². The van der Waals surface area contributed by atoms with E-state index >= 15 is 0 Å². The van der Waals surface area contributed by atoms with E-state index in [4.69, 9.17) is 5.73 Å². The van der Waals surface area contributed by atoms with Gasteiger partial charge in [0, 0.05) is 25.0 Å². The zero-order chi connectivity index (χ0) is 13.1. The highest BCUT2D eigenvalue weighted by atomic mass is 32.1. The standard InChI is InChI=1S/C13H21N3OS/c1-9-3-5-10(6-4-9)16(2)13(17)11-8-18-12(7-14)15-11/h8-10H,3-7,14H2,1-2H3. The van der Waals surface area contributed by atoms with Crippen molar-refractivity contribution < 1.29 is 4.79 Å². The van der Waals surface area contributed by atoms with Crippen molar-refractivity contribution in [2.45, 2.75) is 45.2 Å². The van der Waals surface area contributed by atoms with E-state index in [0.29, 0.717) is 18.3 Å². The molecule has 0 spiro atoms. The number of hydrogen-bond acceptors (Lipinski definition) is 4. The number of carbonyl (C=O) groups is 1. The molecule has 0 unspecified atom stereocenters. The maximum Gasteiger partial charge on any atom is 0.273 e. The summed E-state index contributed by atoms with van der Waals surface area (Å²) >= 11 is 1.46. The lowest BCUT2D eigenvalue weighted by atomic mass is 9.87. The normalized spacial score (nSPS) is 23.9. The third-order valence-electron chi connectivity index (χ3n) is 3.80. The van der Waals surface area contributed by atoms with Crippen LogP contribution >= 0.6 is 11.3 Å². The van der Waals surface area contributed by atoms with Crippen LogP contribution < -0.4 is 5.73 Å². The third kappa shape index (κ3) is 2.90. The van der Waals surface area contributed by atoms with Crippen LogP contribution in [0.2, 0.25) is 0 Å². The topological polar surface area (TPSA) is 59.2 Å². The number of amides is 1. The summed E-state index contributed by atoms with van der Waals surface area (Å²) in [5, 5.41) is 2.64. The molecule has 1 aliphatic rings. The van der Waals surface area contributed by atoms with Crippen molar-refractivity contribution >= 4 is 17.2 Å². The number of rotatable bonds is 3. The highest BCUT2D eigenvalue weighted by molar-refractivity contribution is 7.09. The molecule has 100 valence electrons. The van der Waals surface area contributed by atoms with E-state index in [9.17, 15) is 4.79 Å². The van der Waals surface area contributed by atoms with Crippen molar-refractivity contribution in [1.82, 2.24) is 9.88 Å². The van der Waals surface area contributed by atoms with Crippen LogP contribution in [0.5, 0.6) is 0 Å². The Kier molecular flexibility index (Phi) is 4.35. The molecule has 1 amide bonds. The number of hydrogen-bond donors (Lipinski definition) is 1. The first kappa shape index (κ1) is 13.5. The molecule has 5 heteroatoms. The van der Waals surface area contributed by atoms with Gasteiger partial charge in [0.1, 0.15) is 10.7 Å². The number of nitrogens with zero attached hydrogens (tertiary/aromatic N) is 2. The van der Waals surface area contributed by atoms with Gasteiger partial charge in [-0.3, -0.25) is 4.79 Å². The summed E-state index contributed by atoms with van der Waals surface area (Å²) < 4.78 is 0. The molecule has 1 aromatic heterocycles. The Morgan fingerprint density at radius 2 is 2.17 bits per heavy atom. The molecule has 2 N–H and O–H groups in total. The van der Waals surface area contributed by atoms with Gasteiger partial charge in [-0.15, -0.1) is 11.3 Å². The Morgan fingerprint density at radius 1 is 1.50 bits per heavy atom. The smallest absolute Gasteiger partial charge is 0.273 e. The molecule has 18 heavy (non-hydrogen) atoms. The van der Waals surface area contributed by atoms with Gasteiger partial charge in [0.2, 0.25) is 0 Å². The van der Waals surface area contributed by atoms with E-state index < -0.39 is 0 Å². The molecule has 1 aromatic rings. The highest BCUT2D eigenvalue weighted by Crippen LogP contribution is 2.27. The molecular formula is C13H21N3OS. The fourth-order valence-electron chi connectivity index (χ4n) is 2.48. The number of carbonyl (C=O) groups excluding carboxylic acids is 1. The van der Waals surface area contributed by atoms with Gasteiger partial charge in [-0.1, -0.05) is 6.92 Å². The number of thiazole rings is 1. The van der Waals surface area contributed by atoms with Crippen LogP contribution in [0.15, 0.2) is 5.38 Å². The zero-order valence-electron chi connectivity index (χ0n) is 11.1. The molecule has 0 aromatic carbocycles. The van der Waals surface area contributed by atoms with Gasteiger partial charge in [0.25, 0.3) is 5.91 Å². The Bertz CT molecular complexity index is 410. The molecule has 1 heterocycles. The Balaban J connectivity index is 1.99. The maximum atomic E-state index is 12.3. The number of aromatic nitrogens is 1. The summed E-state index contributed by atoms with van der Waals surface area (Å²) in [4.78, 5) is 18.4. The summed E-state index contributed by atoms with van der Waals surface area (Å²) in [6, 6.07) is 0.372. The van der Waals surface area contributed by atoms with Crippen molar-refractivity contribution in [3.8, 4) is 0 Å². The summed E-state index contributed by atoms with van der Waals surface area (Å²) in [7, 11) is 1.89. The maximum absolute atomic E-state index is 12.3. The van der Waals surface area contributed by atoms with Crippen LogP contribution in [-0.2, 0) is 6.54 Å². The first-order valence-electron chi connectivity index (χ1n) is 6.53. The van der Waals surface area contributed by atoms with E-state index in [0.717, 1.165) is 23.8 Å². The quantitative estimate of drug-likeness (QED) is 0.913. The minimum absolute atomic E-state index is 0.0329. The minimum atomic E-state index is 0.0329. The van der Waals surface area contributed by atoms with Gasteiger partial charge in [0.05, 0.1) is 0 Å². The molecular weight excluding hydrogens is 246 g/mol. The van der Waals surface area contributed by atoms with Gasteiger partial charge in [-0.05, 0) is 31.6 Å². The lowest BCUT2D eigenvalue weighted by molar-refractivity contribution is 0.0674. The third-order valence-corrected chi connectivity index (χ3v) is 4.67. The van der Waals surface area contributed by atoms with Crippen LogP contribution in [-0.4, -0.2) is 28.9 Å². The molecule has 0 aliphatic heterocycles. The zero-order valence-corrected chi connectivity index (χ0v) is 11.9. The second-order valence-electron chi connectivity index (χ2n) is 5.16. The molecule has 0 bridgehead atoms. The van der Waals surface area contributed by atoms with Crippen molar-refractivity contribution in [1.29, 1.82) is 0 Å². The van der Waals surface area contributed by atoms with Gasteiger partial charge < -0.3 is 10.6 Å². The summed E-state index contributed by atoms with van der Waals surface area (Å²) in [5.74, 6) is 0.832. The fourth-order valence-corrected chi connectivity index (χ4v) is 3.13. The predicted octanol–water partition coefficient (Wildman–Crippen LogP) is 2.25. The van der Waals surface area contributed by atoms with Crippen LogP contribution in [0.1, 0.15) is 48.1 Å². The molecule has 1 aliphatic carbocycles. The van der Waals surface area contributed by atoms with E-state index in [1.165, 1.54) is 24.2 Å². The highest BCUT2D eigenvalue weighted by Gasteiger charge is 2.26. The summed E-state index contributed by atoms with van der Waals surface area (Å²) in [6.45, 7) is 2.69. The lowest BCUT2D eigenvalue weighted by Crippen LogP contribution is -2.39. The molecule has 1 saturated carbocycles. The van der Waals surface area contributed by atoms with Crippen molar-refractivity contribution in [3.63, 3.8) is 0 Å². The van der Waals surface area contributed by atoms with Crippen molar-refractivity contribution in [2.24, 2.45) is 11.7 Å². The lowest BCUT2D eigenvalue weighted by Gasteiger charge is -2.33. The molecule has 1 fully saturated rings. The van der Waals surface area contributed by atoms with Crippen LogP contribution in [0.3, 0.4) is 0 Å². The average molecular weight is 267 g/mol. The Morgan fingerprint density at radius 3 is 2.72 bits per heavy atom. The Hall–Kier alpha value is -0.940. The van der Waals surface area contributed by atoms with E-state index in [1.54, 1.807) is 0 Å². The second kappa shape index (κ2) is 5.80.